The van der Waals surface area contributed by atoms with E-state index in [4.69, 9.17) is 15.2 Å². The maximum absolute atomic E-state index is 13.5. The number of thiophene rings is 2. The standard InChI is InChI=1S/C19H26FN3O2S2/c1-23(19-9-13-14(10-21)24-6-3-17(13)27-19)5-4-22-11-15-12-8-18(20)26-16(12)2-7-25-15/h8-9,14-15,22H,2-7,10-11,21H2,1H3. The molecule has 2 atom stereocenters. The zero-order chi connectivity index (χ0) is 18.8. The van der Waals surface area contributed by atoms with Crippen molar-refractivity contribution >= 4 is 27.7 Å². The van der Waals surface area contributed by atoms with Crippen LogP contribution >= 0.6 is 22.7 Å². The Bertz CT molecular complexity index is 779. The molecule has 0 radical (unpaired) electrons. The number of hydrogen-bond acceptors (Lipinski definition) is 7. The van der Waals surface area contributed by atoms with Gasteiger partial charge in [-0.2, -0.15) is 4.39 Å². The lowest BCUT2D eigenvalue weighted by Gasteiger charge is -2.24. The van der Waals surface area contributed by atoms with E-state index in [1.54, 1.807) is 6.07 Å². The molecule has 0 fully saturated rings. The quantitative estimate of drug-likeness (QED) is 0.686. The van der Waals surface area contributed by atoms with E-state index < -0.39 is 0 Å². The number of likely N-dealkylation sites (N-methyl/N-ethyl adjacent to an activating group) is 1. The molecule has 0 saturated carbocycles. The largest absolute Gasteiger partial charge is 0.372 e. The Morgan fingerprint density at radius 3 is 2.63 bits per heavy atom. The second-order valence-electron chi connectivity index (χ2n) is 6.97. The minimum Gasteiger partial charge on any atom is -0.372 e. The highest BCUT2D eigenvalue weighted by atomic mass is 32.1. The molecule has 0 saturated heterocycles. The smallest absolute Gasteiger partial charge is 0.177 e. The SMILES string of the molecule is CN(CCNCC1OCCc2sc(F)cc21)c1cc2c(s1)CCOC2CN. The van der Waals surface area contributed by atoms with Gasteiger partial charge in [0.2, 0.25) is 0 Å². The number of rotatable bonds is 7. The summed E-state index contributed by atoms with van der Waals surface area (Å²) < 4.78 is 25.1. The van der Waals surface area contributed by atoms with E-state index in [0.29, 0.717) is 19.7 Å². The molecule has 5 nitrogen and oxygen atoms in total. The van der Waals surface area contributed by atoms with Crippen LogP contribution in [0.3, 0.4) is 0 Å². The highest BCUT2D eigenvalue weighted by Crippen LogP contribution is 2.37. The molecule has 0 aromatic carbocycles. The molecule has 0 spiro atoms. The van der Waals surface area contributed by atoms with Crippen LogP contribution in [0.4, 0.5) is 9.39 Å². The third-order valence-corrected chi connectivity index (χ3v) is 7.50. The molecule has 2 unspecified atom stereocenters. The molecule has 4 heterocycles. The van der Waals surface area contributed by atoms with Crippen LogP contribution in [0, 0.1) is 5.13 Å². The van der Waals surface area contributed by atoms with Crippen molar-refractivity contribution in [1.82, 2.24) is 5.32 Å². The minimum absolute atomic E-state index is 0.0360. The van der Waals surface area contributed by atoms with Gasteiger partial charge in [0.05, 0.1) is 30.4 Å². The number of nitrogens with one attached hydrogen (secondary N) is 1. The Kier molecular flexibility index (Phi) is 6.11. The van der Waals surface area contributed by atoms with Crippen LogP contribution in [0.2, 0.25) is 0 Å². The lowest BCUT2D eigenvalue weighted by molar-refractivity contribution is 0.0440. The monoisotopic (exact) mass is 411 g/mol. The topological polar surface area (TPSA) is 59.8 Å². The number of anilines is 1. The normalized spacial score (nSPS) is 21.7. The Hall–Kier alpha value is -1.03. The van der Waals surface area contributed by atoms with Gasteiger partial charge >= 0.3 is 0 Å². The van der Waals surface area contributed by atoms with Gasteiger partial charge in [0.1, 0.15) is 0 Å². The molecular formula is C19H26FN3O2S2. The van der Waals surface area contributed by atoms with Gasteiger partial charge in [-0.3, -0.25) is 0 Å². The number of halogens is 1. The highest BCUT2D eigenvalue weighted by Gasteiger charge is 2.25. The van der Waals surface area contributed by atoms with E-state index in [2.05, 4.69) is 23.3 Å². The summed E-state index contributed by atoms with van der Waals surface area (Å²) in [4.78, 5) is 4.79. The van der Waals surface area contributed by atoms with Gasteiger partial charge in [0, 0.05) is 55.8 Å². The van der Waals surface area contributed by atoms with Crippen molar-refractivity contribution in [1.29, 1.82) is 0 Å². The number of hydrogen-bond donors (Lipinski definition) is 2. The number of ether oxygens (including phenoxy) is 2. The molecular weight excluding hydrogens is 385 g/mol. The Morgan fingerprint density at radius 1 is 1.15 bits per heavy atom. The van der Waals surface area contributed by atoms with Crippen molar-refractivity contribution in [2.24, 2.45) is 5.73 Å². The van der Waals surface area contributed by atoms with E-state index in [-0.39, 0.29) is 17.3 Å². The first kappa shape index (κ1) is 19.3. The summed E-state index contributed by atoms with van der Waals surface area (Å²) in [5.74, 6) is 0. The molecule has 27 heavy (non-hydrogen) atoms. The first-order valence-electron chi connectivity index (χ1n) is 9.41. The maximum Gasteiger partial charge on any atom is 0.177 e. The molecule has 0 aliphatic carbocycles. The molecule has 3 N–H and O–H groups in total. The van der Waals surface area contributed by atoms with Crippen LogP contribution in [-0.2, 0) is 22.3 Å². The Morgan fingerprint density at radius 2 is 1.85 bits per heavy atom. The number of fused-ring (bicyclic) bond motifs is 2. The molecule has 4 rings (SSSR count). The van der Waals surface area contributed by atoms with Crippen LogP contribution in [0.15, 0.2) is 12.1 Å². The molecule has 8 heteroatoms. The first-order valence-corrected chi connectivity index (χ1v) is 11.0. The van der Waals surface area contributed by atoms with Gasteiger partial charge in [-0.25, -0.2) is 0 Å². The van der Waals surface area contributed by atoms with E-state index in [1.165, 1.54) is 26.8 Å². The molecule has 2 aliphatic heterocycles. The fourth-order valence-electron chi connectivity index (χ4n) is 3.68. The van der Waals surface area contributed by atoms with Crippen LogP contribution < -0.4 is 16.0 Å². The summed E-state index contributed by atoms with van der Waals surface area (Å²) in [6.45, 7) is 4.40. The minimum atomic E-state index is -0.114. The van der Waals surface area contributed by atoms with Gasteiger partial charge < -0.3 is 25.4 Å². The van der Waals surface area contributed by atoms with Crippen molar-refractivity contribution in [2.75, 3.05) is 51.3 Å². The van der Waals surface area contributed by atoms with Crippen LogP contribution in [-0.4, -0.2) is 46.4 Å². The summed E-state index contributed by atoms with van der Waals surface area (Å²) in [7, 11) is 2.11. The van der Waals surface area contributed by atoms with Gasteiger partial charge in [-0.15, -0.1) is 22.7 Å². The van der Waals surface area contributed by atoms with Crippen molar-refractivity contribution in [2.45, 2.75) is 25.0 Å². The fourth-order valence-corrected chi connectivity index (χ4v) is 5.78. The second kappa shape index (κ2) is 8.55. The Balaban J connectivity index is 1.28. The molecule has 2 aromatic rings. The van der Waals surface area contributed by atoms with Crippen molar-refractivity contribution in [3.05, 3.63) is 38.1 Å². The molecule has 2 aromatic heterocycles. The van der Waals surface area contributed by atoms with Crippen molar-refractivity contribution in [3.8, 4) is 0 Å². The number of nitrogens with two attached hydrogens (primary N) is 1. The van der Waals surface area contributed by atoms with E-state index >= 15 is 0 Å². The third kappa shape index (κ3) is 4.21. The zero-order valence-corrected chi connectivity index (χ0v) is 17.1. The summed E-state index contributed by atoms with van der Waals surface area (Å²) in [5, 5.41) is 4.60. The summed E-state index contributed by atoms with van der Waals surface area (Å²) in [6, 6.07) is 3.85. The fraction of sp³-hybridized carbons (Fsp3) is 0.579. The summed E-state index contributed by atoms with van der Waals surface area (Å²) in [6.07, 6.45) is 1.78. The first-order chi connectivity index (χ1) is 13.2. The van der Waals surface area contributed by atoms with Crippen molar-refractivity contribution in [3.63, 3.8) is 0 Å². The summed E-state index contributed by atoms with van der Waals surface area (Å²) >= 11 is 3.09. The zero-order valence-electron chi connectivity index (χ0n) is 15.5. The third-order valence-electron chi connectivity index (χ3n) is 5.17. The Labute approximate surface area is 167 Å². The number of nitrogens with zero attached hydrogens (tertiary/aromatic N) is 1. The average molecular weight is 412 g/mol. The van der Waals surface area contributed by atoms with Gasteiger partial charge in [-0.1, -0.05) is 0 Å². The second-order valence-corrected chi connectivity index (χ2v) is 9.17. The molecule has 2 aliphatic rings. The van der Waals surface area contributed by atoms with Crippen molar-refractivity contribution < 1.29 is 13.9 Å². The van der Waals surface area contributed by atoms with E-state index in [0.717, 1.165) is 43.0 Å². The lowest BCUT2D eigenvalue weighted by Crippen LogP contribution is -2.33. The predicted molar refractivity (Wildman–Crippen MR) is 109 cm³/mol. The molecule has 0 bridgehead atoms. The van der Waals surface area contributed by atoms with Gasteiger partial charge in [0.25, 0.3) is 0 Å². The van der Waals surface area contributed by atoms with Crippen LogP contribution in [0.1, 0.15) is 33.1 Å². The lowest BCUT2D eigenvalue weighted by atomic mass is 10.1. The van der Waals surface area contributed by atoms with Crippen LogP contribution in [0.5, 0.6) is 0 Å². The van der Waals surface area contributed by atoms with Gasteiger partial charge in [-0.05, 0) is 23.3 Å². The maximum atomic E-state index is 13.5. The average Bonchev–Trinajstić information content (AvgIpc) is 3.27. The summed E-state index contributed by atoms with van der Waals surface area (Å²) in [5.41, 5.74) is 8.10. The van der Waals surface area contributed by atoms with Crippen LogP contribution in [0.25, 0.3) is 0 Å². The molecule has 0 amide bonds. The van der Waals surface area contributed by atoms with Gasteiger partial charge in [0.15, 0.2) is 5.13 Å². The molecule has 148 valence electrons. The predicted octanol–water partition coefficient (Wildman–Crippen LogP) is 2.86. The van der Waals surface area contributed by atoms with E-state index in [9.17, 15) is 4.39 Å². The van der Waals surface area contributed by atoms with E-state index in [1.807, 2.05) is 11.3 Å². The highest BCUT2D eigenvalue weighted by molar-refractivity contribution is 7.16.